The number of alkyl halides is 1. The summed E-state index contributed by atoms with van der Waals surface area (Å²) in [6, 6.07) is 12.5. The molecule has 100 valence electrons. The van der Waals surface area contributed by atoms with E-state index in [2.05, 4.69) is 70.0 Å². The fourth-order valence-corrected chi connectivity index (χ4v) is 3.85. The minimum atomic E-state index is 0.174. The molecule has 0 N–H and O–H groups in total. The van der Waals surface area contributed by atoms with Crippen LogP contribution in [0.3, 0.4) is 0 Å². The SMILES string of the molecule is COc1ccc(C(Br)c2cccc(C)c2C)c(Br)c1. The van der Waals surface area contributed by atoms with Gasteiger partial charge in [-0.3, -0.25) is 0 Å². The quantitative estimate of drug-likeness (QED) is 0.630. The van der Waals surface area contributed by atoms with Gasteiger partial charge in [-0.25, -0.2) is 0 Å². The predicted octanol–water partition coefficient (Wildman–Crippen LogP) is 5.56. The Bertz CT molecular complexity index is 593. The van der Waals surface area contributed by atoms with E-state index in [9.17, 15) is 0 Å². The van der Waals surface area contributed by atoms with E-state index in [-0.39, 0.29) is 4.83 Å². The monoisotopic (exact) mass is 382 g/mol. The Morgan fingerprint density at radius 1 is 1.05 bits per heavy atom. The third-order valence-corrected chi connectivity index (χ3v) is 5.07. The maximum atomic E-state index is 5.23. The van der Waals surface area contributed by atoms with Crippen molar-refractivity contribution < 1.29 is 4.74 Å². The van der Waals surface area contributed by atoms with Crippen LogP contribution in [0.25, 0.3) is 0 Å². The number of rotatable bonds is 3. The Hall–Kier alpha value is -0.800. The Kier molecular flexibility index (Phi) is 4.69. The minimum absolute atomic E-state index is 0.174. The van der Waals surface area contributed by atoms with Gasteiger partial charge in [0.15, 0.2) is 0 Å². The second-order valence-corrected chi connectivity index (χ2v) is 6.31. The average molecular weight is 384 g/mol. The molecule has 0 heterocycles. The number of halogens is 2. The zero-order valence-electron chi connectivity index (χ0n) is 11.2. The van der Waals surface area contributed by atoms with Crippen LogP contribution in [0.4, 0.5) is 0 Å². The normalized spacial score (nSPS) is 12.3. The van der Waals surface area contributed by atoms with Crippen molar-refractivity contribution in [3.63, 3.8) is 0 Å². The number of methoxy groups -OCH3 is 1. The molecule has 2 rings (SSSR count). The van der Waals surface area contributed by atoms with E-state index in [1.54, 1.807) is 7.11 Å². The highest BCUT2D eigenvalue weighted by molar-refractivity contribution is 9.11. The summed E-state index contributed by atoms with van der Waals surface area (Å²) in [5, 5.41) is 0. The van der Waals surface area contributed by atoms with Crippen molar-refractivity contribution in [2.45, 2.75) is 18.7 Å². The largest absolute Gasteiger partial charge is 0.497 e. The summed E-state index contributed by atoms with van der Waals surface area (Å²) < 4.78 is 6.28. The fourth-order valence-electron chi connectivity index (χ4n) is 2.06. The lowest BCUT2D eigenvalue weighted by Gasteiger charge is -2.17. The van der Waals surface area contributed by atoms with Crippen LogP contribution in [0.1, 0.15) is 27.1 Å². The molecule has 0 saturated heterocycles. The number of aryl methyl sites for hydroxylation is 1. The number of benzene rings is 2. The van der Waals surface area contributed by atoms with Crippen LogP contribution in [0, 0.1) is 13.8 Å². The summed E-state index contributed by atoms with van der Waals surface area (Å²) in [5.74, 6) is 0.858. The summed E-state index contributed by atoms with van der Waals surface area (Å²) in [6.07, 6.45) is 0. The second kappa shape index (κ2) is 6.10. The van der Waals surface area contributed by atoms with Crippen LogP contribution in [0.5, 0.6) is 5.75 Å². The van der Waals surface area contributed by atoms with Gasteiger partial charge in [-0.15, -0.1) is 0 Å². The molecular formula is C16H16Br2O. The summed E-state index contributed by atoms with van der Waals surface area (Å²) in [7, 11) is 1.68. The lowest BCUT2D eigenvalue weighted by atomic mass is 9.97. The van der Waals surface area contributed by atoms with Gasteiger partial charge in [0.2, 0.25) is 0 Å². The van der Waals surface area contributed by atoms with Gasteiger partial charge in [0.05, 0.1) is 11.9 Å². The molecule has 3 heteroatoms. The maximum absolute atomic E-state index is 5.23. The highest BCUT2D eigenvalue weighted by Crippen LogP contribution is 2.38. The van der Waals surface area contributed by atoms with Crippen molar-refractivity contribution in [3.8, 4) is 5.75 Å². The number of hydrogen-bond acceptors (Lipinski definition) is 1. The molecule has 0 aromatic heterocycles. The number of ether oxygens (including phenoxy) is 1. The van der Waals surface area contributed by atoms with Gasteiger partial charge in [-0.1, -0.05) is 56.1 Å². The molecule has 0 saturated carbocycles. The first kappa shape index (κ1) is 14.6. The molecule has 0 fully saturated rings. The van der Waals surface area contributed by atoms with Crippen molar-refractivity contribution in [2.75, 3.05) is 7.11 Å². The summed E-state index contributed by atoms with van der Waals surface area (Å²) in [4.78, 5) is 0.174. The number of hydrogen-bond donors (Lipinski definition) is 0. The zero-order chi connectivity index (χ0) is 14.0. The van der Waals surface area contributed by atoms with E-state index in [1.165, 1.54) is 22.3 Å². The van der Waals surface area contributed by atoms with Crippen LogP contribution in [0.15, 0.2) is 40.9 Å². The van der Waals surface area contributed by atoms with E-state index in [4.69, 9.17) is 4.74 Å². The standard InChI is InChI=1S/C16H16Br2O/c1-10-5-4-6-13(11(10)2)16(18)14-8-7-12(19-3)9-15(14)17/h4-9,16H,1-3H3. The molecule has 0 amide bonds. The van der Waals surface area contributed by atoms with E-state index >= 15 is 0 Å². The topological polar surface area (TPSA) is 9.23 Å². The molecule has 0 aliphatic carbocycles. The summed E-state index contributed by atoms with van der Waals surface area (Å²) >= 11 is 7.42. The molecule has 1 atom stereocenters. The van der Waals surface area contributed by atoms with E-state index < -0.39 is 0 Å². The van der Waals surface area contributed by atoms with Crippen molar-refractivity contribution in [1.29, 1.82) is 0 Å². The highest BCUT2D eigenvalue weighted by Gasteiger charge is 2.16. The zero-order valence-corrected chi connectivity index (χ0v) is 14.4. The van der Waals surface area contributed by atoms with Gasteiger partial charge in [0.25, 0.3) is 0 Å². The van der Waals surface area contributed by atoms with Gasteiger partial charge in [-0.05, 0) is 48.2 Å². The molecule has 1 nitrogen and oxygen atoms in total. The molecule has 0 bridgehead atoms. The molecular weight excluding hydrogens is 368 g/mol. The molecule has 0 radical (unpaired) electrons. The first-order valence-corrected chi connectivity index (χ1v) is 7.79. The molecule has 2 aromatic carbocycles. The van der Waals surface area contributed by atoms with Gasteiger partial charge >= 0.3 is 0 Å². The Labute approximate surface area is 131 Å². The highest BCUT2D eigenvalue weighted by atomic mass is 79.9. The van der Waals surface area contributed by atoms with Crippen molar-refractivity contribution >= 4 is 31.9 Å². The third kappa shape index (κ3) is 3.03. The van der Waals surface area contributed by atoms with Crippen LogP contribution in [0.2, 0.25) is 0 Å². The molecule has 0 aliphatic rings. The van der Waals surface area contributed by atoms with Gasteiger partial charge in [0.1, 0.15) is 5.75 Å². The van der Waals surface area contributed by atoms with E-state index in [1.807, 2.05) is 12.1 Å². The van der Waals surface area contributed by atoms with Gasteiger partial charge in [-0.2, -0.15) is 0 Å². The van der Waals surface area contributed by atoms with E-state index in [0.717, 1.165) is 10.2 Å². The van der Waals surface area contributed by atoms with Crippen LogP contribution in [-0.2, 0) is 0 Å². The van der Waals surface area contributed by atoms with Crippen molar-refractivity contribution in [1.82, 2.24) is 0 Å². The second-order valence-electron chi connectivity index (χ2n) is 4.54. The molecule has 0 aliphatic heterocycles. The lowest BCUT2D eigenvalue weighted by molar-refractivity contribution is 0.414. The predicted molar refractivity (Wildman–Crippen MR) is 87.4 cm³/mol. The average Bonchev–Trinajstić information content (AvgIpc) is 2.41. The maximum Gasteiger partial charge on any atom is 0.120 e. The van der Waals surface area contributed by atoms with Gasteiger partial charge < -0.3 is 4.74 Å². The van der Waals surface area contributed by atoms with Crippen molar-refractivity contribution in [2.24, 2.45) is 0 Å². The first-order valence-electron chi connectivity index (χ1n) is 6.08. The van der Waals surface area contributed by atoms with E-state index in [0.29, 0.717) is 0 Å². The Morgan fingerprint density at radius 2 is 1.79 bits per heavy atom. The van der Waals surface area contributed by atoms with Crippen LogP contribution >= 0.6 is 31.9 Å². The molecule has 19 heavy (non-hydrogen) atoms. The minimum Gasteiger partial charge on any atom is -0.497 e. The molecule has 2 aromatic rings. The van der Waals surface area contributed by atoms with Crippen molar-refractivity contribution in [3.05, 3.63) is 63.1 Å². The van der Waals surface area contributed by atoms with Crippen LogP contribution in [-0.4, -0.2) is 7.11 Å². The Morgan fingerprint density at radius 3 is 2.42 bits per heavy atom. The smallest absolute Gasteiger partial charge is 0.120 e. The Balaban J connectivity index is 2.44. The summed E-state index contributed by atoms with van der Waals surface area (Å²) in [6.45, 7) is 4.30. The third-order valence-electron chi connectivity index (χ3n) is 3.40. The van der Waals surface area contributed by atoms with Gasteiger partial charge in [0, 0.05) is 4.47 Å². The van der Waals surface area contributed by atoms with Crippen LogP contribution < -0.4 is 4.74 Å². The lowest BCUT2D eigenvalue weighted by Crippen LogP contribution is -1.99. The first-order chi connectivity index (χ1) is 9.04. The molecule has 0 spiro atoms. The fraction of sp³-hybridized carbons (Fsp3) is 0.250. The molecule has 1 unspecified atom stereocenters. The summed E-state index contributed by atoms with van der Waals surface area (Å²) in [5.41, 5.74) is 5.14.